The second-order valence-electron chi connectivity index (χ2n) is 4.29. The van der Waals surface area contributed by atoms with Gasteiger partial charge < -0.3 is 10.3 Å². The van der Waals surface area contributed by atoms with Crippen molar-refractivity contribution in [1.29, 1.82) is 0 Å². The molecule has 4 nitrogen and oxygen atoms in total. The summed E-state index contributed by atoms with van der Waals surface area (Å²) in [5, 5.41) is 0. The predicted octanol–water partition coefficient (Wildman–Crippen LogP) is 0.874. The number of nitrogens with zero attached hydrogens (tertiary/aromatic N) is 3. The maximum absolute atomic E-state index is 5.84. The molecule has 1 aromatic heterocycles. The zero-order chi connectivity index (χ0) is 9.54. The van der Waals surface area contributed by atoms with Gasteiger partial charge in [-0.1, -0.05) is 0 Å². The summed E-state index contributed by atoms with van der Waals surface area (Å²) in [5.41, 5.74) is 5.84. The van der Waals surface area contributed by atoms with Gasteiger partial charge in [0.1, 0.15) is 0 Å². The minimum atomic E-state index is 0.569. The molecule has 2 atom stereocenters. The average Bonchev–Trinajstić information content (AvgIpc) is 2.78. The first-order valence-corrected chi connectivity index (χ1v) is 5.38. The Morgan fingerprint density at radius 3 is 3.00 bits per heavy atom. The topological polar surface area (TPSA) is 47.1 Å². The Labute approximate surface area is 83.7 Å². The van der Waals surface area contributed by atoms with Gasteiger partial charge in [-0.25, -0.2) is 4.98 Å². The van der Waals surface area contributed by atoms with E-state index >= 15 is 0 Å². The van der Waals surface area contributed by atoms with E-state index in [9.17, 15) is 0 Å². The van der Waals surface area contributed by atoms with Crippen LogP contribution in [0.2, 0.25) is 0 Å². The largest absolute Gasteiger partial charge is 0.369 e. The molecule has 2 saturated heterocycles. The Balaban J connectivity index is 1.89. The molecule has 2 N–H and O–H groups in total. The Hall–Kier alpha value is -1.03. The summed E-state index contributed by atoms with van der Waals surface area (Å²) in [6, 6.07) is 1.28. The third-order valence-electron chi connectivity index (χ3n) is 3.63. The third-order valence-corrected chi connectivity index (χ3v) is 3.63. The number of hydrogen-bond acceptors (Lipinski definition) is 3. The zero-order valence-electron chi connectivity index (χ0n) is 8.26. The molecule has 0 bridgehead atoms. The minimum Gasteiger partial charge on any atom is -0.369 e. The van der Waals surface area contributed by atoms with Gasteiger partial charge >= 0.3 is 0 Å². The number of fused-ring (bicyclic) bond motifs is 1. The molecule has 2 fully saturated rings. The second-order valence-corrected chi connectivity index (χ2v) is 4.29. The van der Waals surface area contributed by atoms with Crippen molar-refractivity contribution in [1.82, 2.24) is 14.5 Å². The van der Waals surface area contributed by atoms with Gasteiger partial charge in [-0.05, 0) is 25.8 Å². The number of anilines is 1. The Morgan fingerprint density at radius 2 is 2.21 bits per heavy atom. The standard InChI is InChI=1S/C10H16N4/c11-10-12-4-7-14(10)9-3-6-13-5-1-2-8(9)13/h4,7-9H,1-3,5-6H2,(H2,11,12). The highest BCUT2D eigenvalue weighted by Crippen LogP contribution is 2.36. The highest BCUT2D eigenvalue weighted by atomic mass is 15.3. The molecule has 0 amide bonds. The number of hydrogen-bond donors (Lipinski definition) is 1. The molecule has 1 aromatic rings. The number of nitrogens with two attached hydrogens (primary N) is 1. The third kappa shape index (κ3) is 1.07. The molecular formula is C10H16N4. The molecule has 0 aliphatic carbocycles. The fraction of sp³-hybridized carbons (Fsp3) is 0.700. The van der Waals surface area contributed by atoms with Crippen LogP contribution in [0.5, 0.6) is 0 Å². The highest BCUT2D eigenvalue weighted by Gasteiger charge is 2.38. The molecular weight excluding hydrogens is 176 g/mol. The van der Waals surface area contributed by atoms with E-state index in [-0.39, 0.29) is 0 Å². The monoisotopic (exact) mass is 192 g/mol. The first kappa shape index (κ1) is 8.29. The van der Waals surface area contributed by atoms with Crippen molar-refractivity contribution in [2.24, 2.45) is 0 Å². The summed E-state index contributed by atoms with van der Waals surface area (Å²) in [6.07, 6.45) is 7.71. The van der Waals surface area contributed by atoms with Gasteiger partial charge in [0.2, 0.25) is 0 Å². The van der Waals surface area contributed by atoms with Crippen LogP contribution in [-0.4, -0.2) is 33.6 Å². The van der Waals surface area contributed by atoms with Crippen molar-refractivity contribution in [2.45, 2.75) is 31.3 Å². The fourth-order valence-corrected chi connectivity index (χ4v) is 2.99. The van der Waals surface area contributed by atoms with Gasteiger partial charge in [-0.2, -0.15) is 0 Å². The number of imidazole rings is 1. The van der Waals surface area contributed by atoms with Crippen LogP contribution < -0.4 is 5.73 Å². The van der Waals surface area contributed by atoms with Crippen LogP contribution in [0, 0.1) is 0 Å². The Kier molecular flexibility index (Phi) is 1.77. The lowest BCUT2D eigenvalue weighted by molar-refractivity contribution is 0.291. The van der Waals surface area contributed by atoms with Gasteiger partial charge in [0, 0.05) is 25.0 Å². The van der Waals surface area contributed by atoms with Gasteiger partial charge in [-0.3, -0.25) is 4.90 Å². The lowest BCUT2D eigenvalue weighted by Gasteiger charge is -2.21. The number of nitrogen functional groups attached to an aromatic ring is 1. The van der Waals surface area contributed by atoms with Crippen LogP contribution in [0.25, 0.3) is 0 Å². The maximum Gasteiger partial charge on any atom is 0.200 e. The minimum absolute atomic E-state index is 0.569. The predicted molar refractivity (Wildman–Crippen MR) is 54.9 cm³/mol. The lowest BCUT2D eigenvalue weighted by atomic mass is 10.1. The molecule has 3 heterocycles. The molecule has 2 aliphatic heterocycles. The zero-order valence-corrected chi connectivity index (χ0v) is 8.26. The normalized spacial score (nSPS) is 32.3. The summed E-state index contributed by atoms with van der Waals surface area (Å²) >= 11 is 0. The second kappa shape index (κ2) is 2.98. The molecule has 14 heavy (non-hydrogen) atoms. The summed E-state index contributed by atoms with van der Waals surface area (Å²) in [7, 11) is 0. The molecule has 0 aromatic carbocycles. The van der Waals surface area contributed by atoms with E-state index in [1.54, 1.807) is 6.20 Å². The van der Waals surface area contributed by atoms with E-state index in [2.05, 4.69) is 14.5 Å². The van der Waals surface area contributed by atoms with Crippen LogP contribution in [0.3, 0.4) is 0 Å². The van der Waals surface area contributed by atoms with Crippen molar-refractivity contribution < 1.29 is 0 Å². The van der Waals surface area contributed by atoms with Gasteiger partial charge in [0.05, 0.1) is 6.04 Å². The molecule has 0 saturated carbocycles. The van der Waals surface area contributed by atoms with Gasteiger partial charge in [0.15, 0.2) is 5.95 Å². The van der Waals surface area contributed by atoms with Crippen molar-refractivity contribution in [3.63, 3.8) is 0 Å². The summed E-state index contributed by atoms with van der Waals surface area (Å²) in [4.78, 5) is 6.69. The van der Waals surface area contributed by atoms with E-state index in [1.807, 2.05) is 6.20 Å². The average molecular weight is 192 g/mol. The van der Waals surface area contributed by atoms with E-state index in [0.717, 1.165) is 0 Å². The first-order chi connectivity index (χ1) is 6.86. The molecule has 2 aliphatic rings. The van der Waals surface area contributed by atoms with Crippen LogP contribution in [-0.2, 0) is 0 Å². The molecule has 3 rings (SSSR count). The molecule has 2 unspecified atom stereocenters. The van der Waals surface area contributed by atoms with Crippen molar-refractivity contribution in [3.8, 4) is 0 Å². The van der Waals surface area contributed by atoms with Gasteiger partial charge in [0.25, 0.3) is 0 Å². The number of rotatable bonds is 1. The highest BCUT2D eigenvalue weighted by molar-refractivity contribution is 5.19. The lowest BCUT2D eigenvalue weighted by Crippen LogP contribution is -2.27. The molecule has 0 spiro atoms. The fourth-order valence-electron chi connectivity index (χ4n) is 2.99. The van der Waals surface area contributed by atoms with Crippen molar-refractivity contribution in [3.05, 3.63) is 12.4 Å². The molecule has 76 valence electrons. The summed E-state index contributed by atoms with van der Waals surface area (Å²) < 4.78 is 2.15. The Morgan fingerprint density at radius 1 is 1.29 bits per heavy atom. The van der Waals surface area contributed by atoms with Crippen molar-refractivity contribution >= 4 is 5.95 Å². The van der Waals surface area contributed by atoms with E-state index in [1.165, 1.54) is 32.4 Å². The van der Waals surface area contributed by atoms with Crippen molar-refractivity contribution in [2.75, 3.05) is 18.8 Å². The summed E-state index contributed by atoms with van der Waals surface area (Å²) in [6.45, 7) is 2.50. The smallest absolute Gasteiger partial charge is 0.200 e. The Bertz CT molecular complexity index is 333. The van der Waals surface area contributed by atoms with Crippen LogP contribution >= 0.6 is 0 Å². The van der Waals surface area contributed by atoms with Gasteiger partial charge in [-0.15, -0.1) is 0 Å². The van der Waals surface area contributed by atoms with Crippen LogP contribution in [0.1, 0.15) is 25.3 Å². The van der Waals surface area contributed by atoms with E-state index < -0.39 is 0 Å². The number of aromatic nitrogens is 2. The quantitative estimate of drug-likeness (QED) is 0.718. The summed E-state index contributed by atoms with van der Waals surface area (Å²) in [5.74, 6) is 0.670. The van der Waals surface area contributed by atoms with Crippen LogP contribution in [0.15, 0.2) is 12.4 Å². The van der Waals surface area contributed by atoms with E-state index in [4.69, 9.17) is 5.73 Å². The maximum atomic E-state index is 5.84. The SMILES string of the molecule is Nc1nccn1C1CCN2CCCC12. The molecule has 4 heteroatoms. The van der Waals surface area contributed by atoms with E-state index in [0.29, 0.717) is 18.0 Å². The van der Waals surface area contributed by atoms with Crippen LogP contribution in [0.4, 0.5) is 5.95 Å². The first-order valence-electron chi connectivity index (χ1n) is 5.38. The molecule has 0 radical (unpaired) electrons.